The molecular formula is C13H19N5O. The highest BCUT2D eigenvalue weighted by Crippen LogP contribution is 2.11. The molecular weight excluding hydrogens is 242 g/mol. The molecule has 0 unspecified atom stereocenters. The molecule has 0 aromatic carbocycles. The third-order valence-corrected chi connectivity index (χ3v) is 3.17. The van der Waals surface area contributed by atoms with E-state index in [1.807, 2.05) is 20.9 Å². The zero-order chi connectivity index (χ0) is 13.8. The molecule has 6 heteroatoms. The van der Waals surface area contributed by atoms with Crippen molar-refractivity contribution >= 4 is 5.91 Å². The highest BCUT2D eigenvalue weighted by molar-refractivity contribution is 5.96. The Bertz CT molecular complexity index is 556. The van der Waals surface area contributed by atoms with Crippen LogP contribution in [0.3, 0.4) is 0 Å². The van der Waals surface area contributed by atoms with E-state index in [2.05, 4.69) is 20.4 Å². The summed E-state index contributed by atoms with van der Waals surface area (Å²) in [5.74, 6) is 0.894. The van der Waals surface area contributed by atoms with Gasteiger partial charge in [0.25, 0.3) is 5.91 Å². The lowest BCUT2D eigenvalue weighted by atomic mass is 10.2. The molecule has 2 heterocycles. The maximum absolute atomic E-state index is 12.1. The number of amides is 1. The van der Waals surface area contributed by atoms with Crippen LogP contribution in [0.2, 0.25) is 0 Å². The summed E-state index contributed by atoms with van der Waals surface area (Å²) in [6.07, 6.45) is 5.22. The normalized spacial score (nSPS) is 10.7. The number of hydrogen-bond acceptors (Lipinski definition) is 3. The molecule has 2 aromatic heterocycles. The molecule has 0 fully saturated rings. The van der Waals surface area contributed by atoms with Crippen molar-refractivity contribution in [3.05, 3.63) is 35.2 Å². The minimum Gasteiger partial charge on any atom is -0.352 e. The lowest BCUT2D eigenvalue weighted by Crippen LogP contribution is -2.26. The van der Waals surface area contributed by atoms with Crippen LogP contribution in [-0.4, -0.2) is 32.2 Å². The SMILES string of the molecule is Cc1nn(C)c(C)c1C(=O)NCCCc1ncc[nH]1. The second kappa shape index (κ2) is 5.69. The first-order valence-electron chi connectivity index (χ1n) is 6.36. The number of hydrogen-bond donors (Lipinski definition) is 2. The van der Waals surface area contributed by atoms with Gasteiger partial charge >= 0.3 is 0 Å². The smallest absolute Gasteiger partial charge is 0.255 e. The molecule has 0 saturated heterocycles. The number of H-pyrrole nitrogens is 1. The van der Waals surface area contributed by atoms with Crippen molar-refractivity contribution in [2.24, 2.45) is 7.05 Å². The van der Waals surface area contributed by atoms with Crippen molar-refractivity contribution < 1.29 is 4.79 Å². The summed E-state index contributed by atoms with van der Waals surface area (Å²) < 4.78 is 1.73. The summed E-state index contributed by atoms with van der Waals surface area (Å²) in [5, 5.41) is 7.16. The summed E-state index contributed by atoms with van der Waals surface area (Å²) >= 11 is 0. The number of nitrogens with zero attached hydrogens (tertiary/aromatic N) is 3. The molecule has 2 rings (SSSR count). The number of aromatic nitrogens is 4. The second-order valence-electron chi connectivity index (χ2n) is 4.56. The van der Waals surface area contributed by atoms with Crippen molar-refractivity contribution in [3.8, 4) is 0 Å². The quantitative estimate of drug-likeness (QED) is 0.792. The first-order chi connectivity index (χ1) is 9.09. The standard InChI is InChI=1S/C13H19N5O/c1-9-12(10(2)18(3)17-9)13(19)16-6-4-5-11-14-7-8-15-11/h7-8H,4-6H2,1-3H3,(H,14,15)(H,16,19). The van der Waals surface area contributed by atoms with Crippen LogP contribution < -0.4 is 5.32 Å². The van der Waals surface area contributed by atoms with Gasteiger partial charge < -0.3 is 10.3 Å². The highest BCUT2D eigenvalue weighted by atomic mass is 16.1. The van der Waals surface area contributed by atoms with Gasteiger partial charge in [-0.15, -0.1) is 0 Å². The molecule has 6 nitrogen and oxygen atoms in total. The molecule has 0 radical (unpaired) electrons. The van der Waals surface area contributed by atoms with Crippen LogP contribution in [0.15, 0.2) is 12.4 Å². The van der Waals surface area contributed by atoms with Crippen molar-refractivity contribution in [1.29, 1.82) is 0 Å². The van der Waals surface area contributed by atoms with Gasteiger partial charge in [-0.05, 0) is 20.3 Å². The van der Waals surface area contributed by atoms with Gasteiger partial charge in [0.15, 0.2) is 0 Å². The molecule has 0 saturated carbocycles. The lowest BCUT2D eigenvalue weighted by molar-refractivity contribution is 0.0952. The number of rotatable bonds is 5. The number of nitrogens with one attached hydrogen (secondary N) is 2. The van der Waals surface area contributed by atoms with E-state index in [1.165, 1.54) is 0 Å². The van der Waals surface area contributed by atoms with Crippen molar-refractivity contribution in [3.63, 3.8) is 0 Å². The monoisotopic (exact) mass is 261 g/mol. The largest absolute Gasteiger partial charge is 0.352 e. The molecule has 0 aliphatic carbocycles. The van der Waals surface area contributed by atoms with Gasteiger partial charge in [-0.3, -0.25) is 9.48 Å². The van der Waals surface area contributed by atoms with Gasteiger partial charge in [-0.1, -0.05) is 0 Å². The highest BCUT2D eigenvalue weighted by Gasteiger charge is 2.16. The maximum atomic E-state index is 12.1. The van der Waals surface area contributed by atoms with E-state index in [-0.39, 0.29) is 5.91 Å². The third kappa shape index (κ3) is 3.01. The van der Waals surface area contributed by atoms with Crippen LogP contribution in [0.25, 0.3) is 0 Å². The predicted molar refractivity (Wildman–Crippen MR) is 71.9 cm³/mol. The number of carbonyl (C=O) groups excluding carboxylic acids is 1. The molecule has 0 aliphatic rings. The average molecular weight is 261 g/mol. The zero-order valence-corrected chi connectivity index (χ0v) is 11.5. The van der Waals surface area contributed by atoms with Crippen molar-refractivity contribution in [1.82, 2.24) is 25.1 Å². The van der Waals surface area contributed by atoms with Crippen LogP contribution in [0, 0.1) is 13.8 Å². The molecule has 102 valence electrons. The number of aromatic amines is 1. The van der Waals surface area contributed by atoms with Crippen molar-refractivity contribution in [2.75, 3.05) is 6.54 Å². The van der Waals surface area contributed by atoms with Gasteiger partial charge in [0.2, 0.25) is 0 Å². The van der Waals surface area contributed by atoms with E-state index >= 15 is 0 Å². The van der Waals surface area contributed by atoms with Crippen LogP contribution in [0.4, 0.5) is 0 Å². The fourth-order valence-corrected chi connectivity index (χ4v) is 2.08. The fraction of sp³-hybridized carbons (Fsp3) is 0.462. The van der Waals surface area contributed by atoms with Crippen LogP contribution in [0.5, 0.6) is 0 Å². The van der Waals surface area contributed by atoms with Crippen LogP contribution in [0.1, 0.15) is 34.0 Å². The predicted octanol–water partition coefficient (Wildman–Crippen LogP) is 1.12. The van der Waals surface area contributed by atoms with E-state index in [0.717, 1.165) is 30.1 Å². The third-order valence-electron chi connectivity index (χ3n) is 3.17. The first kappa shape index (κ1) is 13.3. The Labute approximate surface area is 112 Å². The van der Waals surface area contributed by atoms with E-state index in [9.17, 15) is 4.79 Å². The van der Waals surface area contributed by atoms with Crippen molar-refractivity contribution in [2.45, 2.75) is 26.7 Å². The molecule has 2 N–H and O–H groups in total. The lowest BCUT2D eigenvalue weighted by Gasteiger charge is -2.05. The van der Waals surface area contributed by atoms with Crippen LogP contribution in [-0.2, 0) is 13.5 Å². The summed E-state index contributed by atoms with van der Waals surface area (Å²) in [4.78, 5) is 19.3. The van der Waals surface area contributed by atoms with E-state index in [4.69, 9.17) is 0 Å². The number of imidazole rings is 1. The maximum Gasteiger partial charge on any atom is 0.255 e. The topological polar surface area (TPSA) is 75.6 Å². The minimum absolute atomic E-state index is 0.0532. The van der Waals surface area contributed by atoms with Crippen LogP contribution >= 0.6 is 0 Å². The summed E-state index contributed by atoms with van der Waals surface area (Å²) in [7, 11) is 1.84. The number of aryl methyl sites for hydroxylation is 3. The molecule has 19 heavy (non-hydrogen) atoms. The van der Waals surface area contributed by atoms with Gasteiger partial charge in [0.1, 0.15) is 5.82 Å². The Morgan fingerprint density at radius 3 is 2.84 bits per heavy atom. The Balaban J connectivity index is 1.84. The Kier molecular flexibility index (Phi) is 3.99. The van der Waals surface area contributed by atoms with E-state index in [1.54, 1.807) is 17.1 Å². The fourth-order valence-electron chi connectivity index (χ4n) is 2.08. The first-order valence-corrected chi connectivity index (χ1v) is 6.36. The Morgan fingerprint density at radius 1 is 1.47 bits per heavy atom. The van der Waals surface area contributed by atoms with Gasteiger partial charge in [0.05, 0.1) is 11.3 Å². The van der Waals surface area contributed by atoms with E-state index in [0.29, 0.717) is 12.1 Å². The second-order valence-corrected chi connectivity index (χ2v) is 4.56. The summed E-state index contributed by atoms with van der Waals surface area (Å²) in [6, 6.07) is 0. The molecule has 2 aromatic rings. The number of carbonyl (C=O) groups is 1. The Morgan fingerprint density at radius 2 is 2.26 bits per heavy atom. The summed E-state index contributed by atoms with van der Waals surface area (Å²) in [5.41, 5.74) is 2.34. The Hall–Kier alpha value is -2.11. The average Bonchev–Trinajstić information content (AvgIpc) is 2.95. The molecule has 0 bridgehead atoms. The van der Waals surface area contributed by atoms with Gasteiger partial charge in [-0.25, -0.2) is 4.98 Å². The molecule has 0 atom stereocenters. The van der Waals surface area contributed by atoms with Gasteiger partial charge in [-0.2, -0.15) is 5.10 Å². The molecule has 0 spiro atoms. The minimum atomic E-state index is -0.0532. The van der Waals surface area contributed by atoms with E-state index < -0.39 is 0 Å². The van der Waals surface area contributed by atoms with Gasteiger partial charge in [0, 0.05) is 38.1 Å². The summed E-state index contributed by atoms with van der Waals surface area (Å²) in [6.45, 7) is 4.38. The molecule has 0 aliphatic heterocycles. The molecule has 1 amide bonds. The zero-order valence-electron chi connectivity index (χ0n) is 11.5.